The third kappa shape index (κ3) is 7.22. The van der Waals surface area contributed by atoms with E-state index in [-0.39, 0.29) is 32.7 Å². The molecule has 0 spiro atoms. The molecule has 0 unspecified atom stereocenters. The number of aryl methyl sites for hydroxylation is 1. The first kappa shape index (κ1) is 17.6. The molecule has 0 atom stereocenters. The van der Waals surface area contributed by atoms with Gasteiger partial charge in [0.1, 0.15) is 5.75 Å². The Morgan fingerprint density at radius 2 is 1.14 bits per heavy atom. The molecule has 0 aliphatic carbocycles. The third-order valence-electron chi connectivity index (χ3n) is 2.55. The Balaban J connectivity index is 0.000000236. The molecule has 21 heavy (non-hydrogen) atoms. The quantitative estimate of drug-likeness (QED) is 0.587. The Labute approximate surface area is 151 Å². The largest absolute Gasteiger partial charge is 0.483 e. The summed E-state index contributed by atoms with van der Waals surface area (Å²) in [6, 6.07) is 30.9. The Morgan fingerprint density at radius 3 is 1.62 bits per heavy atom. The van der Waals surface area contributed by atoms with Crippen LogP contribution in [0.3, 0.4) is 0 Å². The predicted molar refractivity (Wildman–Crippen MR) is 81.8 cm³/mol. The maximum absolute atomic E-state index is 5.56. The molecule has 103 valence electrons. The van der Waals surface area contributed by atoms with E-state index in [9.17, 15) is 0 Å². The molecule has 0 saturated heterocycles. The topological polar surface area (TPSA) is 9.23 Å². The van der Waals surface area contributed by atoms with Crippen LogP contribution in [0.1, 0.15) is 5.56 Å². The molecule has 0 N–H and O–H groups in total. The molecule has 0 heterocycles. The number of para-hydroxylation sites is 1. The molecule has 0 aromatic heterocycles. The summed E-state index contributed by atoms with van der Waals surface area (Å²) in [5, 5.41) is 0. The molecular formula is C19H16OY-2. The SMILES string of the molecule is Cc1cc[c-]cc1.[Y].[c-]1ccc(Oc2ccccc2)cc1. The van der Waals surface area contributed by atoms with E-state index in [4.69, 9.17) is 4.74 Å². The van der Waals surface area contributed by atoms with Gasteiger partial charge in [-0.3, -0.25) is 0 Å². The molecule has 0 saturated carbocycles. The summed E-state index contributed by atoms with van der Waals surface area (Å²) in [6.45, 7) is 2.06. The first-order valence-electron chi connectivity index (χ1n) is 6.46. The zero-order chi connectivity index (χ0) is 14.0. The van der Waals surface area contributed by atoms with Crippen LogP contribution < -0.4 is 4.74 Å². The molecule has 0 fully saturated rings. The molecule has 3 aromatic rings. The van der Waals surface area contributed by atoms with Crippen LogP contribution in [-0.4, -0.2) is 0 Å². The van der Waals surface area contributed by atoms with Gasteiger partial charge < -0.3 is 4.74 Å². The molecule has 0 amide bonds. The fourth-order valence-corrected chi connectivity index (χ4v) is 1.53. The van der Waals surface area contributed by atoms with Crippen LogP contribution in [0.4, 0.5) is 0 Å². The average molecular weight is 349 g/mol. The van der Waals surface area contributed by atoms with Crippen molar-refractivity contribution in [3.05, 3.63) is 96.6 Å². The second-order valence-electron chi connectivity index (χ2n) is 4.23. The van der Waals surface area contributed by atoms with E-state index >= 15 is 0 Å². The van der Waals surface area contributed by atoms with Crippen LogP contribution in [0, 0.1) is 19.1 Å². The molecule has 3 aromatic carbocycles. The Morgan fingerprint density at radius 1 is 0.667 bits per heavy atom. The minimum absolute atomic E-state index is 0. The Kier molecular flexibility index (Phi) is 8.65. The Hall–Kier alpha value is -1.44. The molecule has 0 aliphatic heterocycles. The van der Waals surface area contributed by atoms with E-state index in [1.807, 2.05) is 78.9 Å². The van der Waals surface area contributed by atoms with Crippen molar-refractivity contribution in [1.29, 1.82) is 0 Å². The number of benzene rings is 3. The van der Waals surface area contributed by atoms with E-state index in [0.717, 1.165) is 11.5 Å². The first-order chi connectivity index (χ1) is 9.84. The van der Waals surface area contributed by atoms with Gasteiger partial charge in [0.25, 0.3) is 0 Å². The summed E-state index contributed by atoms with van der Waals surface area (Å²) < 4.78 is 5.56. The van der Waals surface area contributed by atoms with Crippen molar-refractivity contribution in [3.8, 4) is 11.5 Å². The van der Waals surface area contributed by atoms with Gasteiger partial charge in [0.2, 0.25) is 0 Å². The van der Waals surface area contributed by atoms with Crippen molar-refractivity contribution in [1.82, 2.24) is 0 Å². The van der Waals surface area contributed by atoms with Crippen molar-refractivity contribution >= 4 is 0 Å². The van der Waals surface area contributed by atoms with Crippen LogP contribution in [0.25, 0.3) is 0 Å². The summed E-state index contributed by atoms with van der Waals surface area (Å²) in [6.07, 6.45) is 0. The monoisotopic (exact) mass is 349 g/mol. The second kappa shape index (κ2) is 10.3. The molecular weight excluding hydrogens is 333 g/mol. The number of hydrogen-bond acceptors (Lipinski definition) is 1. The van der Waals surface area contributed by atoms with Crippen molar-refractivity contribution in [2.45, 2.75) is 6.92 Å². The third-order valence-corrected chi connectivity index (χ3v) is 2.55. The summed E-state index contributed by atoms with van der Waals surface area (Å²) in [4.78, 5) is 0. The fraction of sp³-hybridized carbons (Fsp3) is 0.0526. The molecule has 0 bridgehead atoms. The van der Waals surface area contributed by atoms with Gasteiger partial charge >= 0.3 is 0 Å². The summed E-state index contributed by atoms with van der Waals surface area (Å²) in [5.41, 5.74) is 1.29. The van der Waals surface area contributed by atoms with Gasteiger partial charge in [-0.15, -0.1) is 12.1 Å². The second-order valence-corrected chi connectivity index (χ2v) is 4.23. The standard InChI is InChI=1S/C12H9O.C7H7.Y/c1-3-7-11(8-4-1)13-12-9-5-2-6-10-12;1-7-5-3-2-4-6-7;/h1,3-10H;3-6H,1H3;/q2*-1;. The van der Waals surface area contributed by atoms with E-state index in [1.54, 1.807) is 0 Å². The zero-order valence-corrected chi connectivity index (χ0v) is 14.8. The molecule has 2 heteroatoms. The van der Waals surface area contributed by atoms with Crippen LogP contribution >= 0.6 is 0 Å². The number of hydrogen-bond donors (Lipinski definition) is 0. The summed E-state index contributed by atoms with van der Waals surface area (Å²) in [5.74, 6) is 1.69. The summed E-state index contributed by atoms with van der Waals surface area (Å²) >= 11 is 0. The van der Waals surface area contributed by atoms with Gasteiger partial charge in [0.15, 0.2) is 0 Å². The minimum atomic E-state index is 0. The van der Waals surface area contributed by atoms with Crippen LogP contribution in [-0.2, 0) is 32.7 Å². The number of ether oxygens (including phenoxy) is 1. The first-order valence-corrected chi connectivity index (χ1v) is 6.46. The normalized spacial score (nSPS) is 8.81. The Bertz CT molecular complexity index is 557. The molecule has 1 nitrogen and oxygen atoms in total. The van der Waals surface area contributed by atoms with E-state index in [1.165, 1.54) is 5.56 Å². The van der Waals surface area contributed by atoms with Crippen LogP contribution in [0.15, 0.2) is 78.9 Å². The summed E-state index contributed by atoms with van der Waals surface area (Å²) in [7, 11) is 0. The van der Waals surface area contributed by atoms with Crippen LogP contribution in [0.5, 0.6) is 11.5 Å². The van der Waals surface area contributed by atoms with E-state index in [0.29, 0.717) is 0 Å². The number of rotatable bonds is 2. The average Bonchev–Trinajstić information content (AvgIpc) is 2.51. The van der Waals surface area contributed by atoms with Crippen molar-refractivity contribution in [2.24, 2.45) is 0 Å². The molecule has 1 radical (unpaired) electrons. The molecule has 3 rings (SSSR count). The van der Waals surface area contributed by atoms with Gasteiger partial charge in [-0.2, -0.15) is 54.1 Å². The van der Waals surface area contributed by atoms with Crippen LogP contribution in [0.2, 0.25) is 0 Å². The van der Waals surface area contributed by atoms with E-state index < -0.39 is 0 Å². The predicted octanol–water partition coefficient (Wildman–Crippen LogP) is 5.07. The molecule has 0 aliphatic rings. The van der Waals surface area contributed by atoms with Crippen molar-refractivity contribution in [2.75, 3.05) is 0 Å². The van der Waals surface area contributed by atoms with Gasteiger partial charge in [-0.05, 0) is 12.1 Å². The van der Waals surface area contributed by atoms with E-state index in [2.05, 4.69) is 19.1 Å². The zero-order valence-electron chi connectivity index (χ0n) is 12.0. The van der Waals surface area contributed by atoms with Gasteiger partial charge in [-0.1, -0.05) is 25.1 Å². The van der Waals surface area contributed by atoms with Gasteiger partial charge in [0, 0.05) is 38.5 Å². The minimum Gasteiger partial charge on any atom is -0.483 e. The maximum Gasteiger partial charge on any atom is 0.124 e. The van der Waals surface area contributed by atoms with Gasteiger partial charge in [-0.25, -0.2) is 0 Å². The smallest absolute Gasteiger partial charge is 0.124 e. The maximum atomic E-state index is 5.56. The fourth-order valence-electron chi connectivity index (χ4n) is 1.53. The van der Waals surface area contributed by atoms with Crippen molar-refractivity contribution < 1.29 is 37.4 Å². The van der Waals surface area contributed by atoms with Gasteiger partial charge in [0.05, 0.1) is 0 Å². The van der Waals surface area contributed by atoms with Crippen molar-refractivity contribution in [3.63, 3.8) is 0 Å².